The van der Waals surface area contributed by atoms with Gasteiger partial charge in [0.05, 0.1) is 5.69 Å². The van der Waals surface area contributed by atoms with E-state index in [0.29, 0.717) is 30.1 Å². The molecule has 0 aliphatic carbocycles. The van der Waals surface area contributed by atoms with Gasteiger partial charge in [-0.05, 0) is 55.7 Å². The van der Waals surface area contributed by atoms with Crippen molar-refractivity contribution >= 4 is 17.0 Å². The predicted octanol–water partition coefficient (Wildman–Crippen LogP) is 3.56. The second-order valence-electron chi connectivity index (χ2n) is 7.51. The molecule has 158 valence electrons. The molecule has 4 rings (SSSR count). The number of aliphatic hydroxyl groups is 1. The van der Waals surface area contributed by atoms with Crippen LogP contribution < -0.4 is 10.9 Å². The average molecular weight is 415 g/mol. The number of nitrogens with one attached hydrogen (secondary N) is 1. The van der Waals surface area contributed by atoms with Gasteiger partial charge >= 0.3 is 0 Å². The summed E-state index contributed by atoms with van der Waals surface area (Å²) in [5.74, 6) is 0.448. The Bertz CT molecular complexity index is 1310. The van der Waals surface area contributed by atoms with E-state index < -0.39 is 0 Å². The number of aliphatic hydroxyl groups excluding tert-OH is 1. The zero-order valence-electron chi connectivity index (χ0n) is 17.9. The molecule has 0 spiro atoms. The fourth-order valence-corrected chi connectivity index (χ4v) is 3.74. The van der Waals surface area contributed by atoms with Gasteiger partial charge in [0, 0.05) is 48.6 Å². The fourth-order valence-electron chi connectivity index (χ4n) is 3.74. The molecule has 0 radical (unpaired) electrons. The van der Waals surface area contributed by atoms with Crippen LogP contribution in [0.3, 0.4) is 0 Å². The molecule has 3 aromatic heterocycles. The second-order valence-corrected chi connectivity index (χ2v) is 7.51. The summed E-state index contributed by atoms with van der Waals surface area (Å²) in [6.45, 7) is 4.34. The van der Waals surface area contributed by atoms with Gasteiger partial charge < -0.3 is 10.4 Å². The second kappa shape index (κ2) is 8.65. The van der Waals surface area contributed by atoms with Crippen molar-refractivity contribution in [3.05, 3.63) is 70.3 Å². The highest BCUT2D eigenvalue weighted by molar-refractivity contribution is 5.83. The van der Waals surface area contributed by atoms with E-state index in [1.54, 1.807) is 17.8 Å². The normalized spacial score (nSPS) is 11.1. The summed E-state index contributed by atoms with van der Waals surface area (Å²) in [4.78, 5) is 26.8. The highest BCUT2D eigenvalue weighted by Crippen LogP contribution is 2.28. The molecular formula is C24H25N5O2. The van der Waals surface area contributed by atoms with Crippen LogP contribution in [-0.2, 0) is 6.54 Å². The van der Waals surface area contributed by atoms with Crippen LogP contribution >= 0.6 is 0 Å². The summed E-state index contributed by atoms with van der Waals surface area (Å²) >= 11 is 0. The van der Waals surface area contributed by atoms with E-state index in [1.165, 1.54) is 0 Å². The van der Waals surface area contributed by atoms with Crippen molar-refractivity contribution in [3.63, 3.8) is 0 Å². The van der Waals surface area contributed by atoms with Crippen LogP contribution in [0.2, 0.25) is 0 Å². The minimum atomic E-state index is -0.133. The minimum absolute atomic E-state index is 0.000648. The summed E-state index contributed by atoms with van der Waals surface area (Å²) in [5, 5.41) is 13.0. The molecule has 0 saturated carbocycles. The number of nitrogens with zero attached hydrogens (tertiary/aromatic N) is 4. The number of benzene rings is 1. The molecule has 7 heteroatoms. The molecule has 0 amide bonds. The van der Waals surface area contributed by atoms with Gasteiger partial charge in [0.1, 0.15) is 5.65 Å². The number of anilines is 1. The molecule has 7 nitrogen and oxygen atoms in total. The molecule has 0 atom stereocenters. The van der Waals surface area contributed by atoms with Gasteiger partial charge in [-0.25, -0.2) is 4.98 Å². The summed E-state index contributed by atoms with van der Waals surface area (Å²) in [7, 11) is 1.74. The molecule has 31 heavy (non-hydrogen) atoms. The van der Waals surface area contributed by atoms with E-state index in [4.69, 9.17) is 0 Å². The lowest BCUT2D eigenvalue weighted by Gasteiger charge is -2.14. The summed E-state index contributed by atoms with van der Waals surface area (Å²) in [6.07, 6.45) is 2.18. The van der Waals surface area contributed by atoms with Crippen LogP contribution in [0.4, 0.5) is 5.95 Å². The van der Waals surface area contributed by atoms with Crippen molar-refractivity contribution in [2.75, 3.05) is 19.0 Å². The number of aryl methyl sites for hydroxylation is 3. The van der Waals surface area contributed by atoms with Crippen LogP contribution in [0.1, 0.15) is 17.7 Å². The van der Waals surface area contributed by atoms with Crippen molar-refractivity contribution in [1.29, 1.82) is 0 Å². The van der Waals surface area contributed by atoms with Gasteiger partial charge in [0.25, 0.3) is 5.56 Å². The van der Waals surface area contributed by atoms with Crippen molar-refractivity contribution in [2.45, 2.75) is 26.8 Å². The number of rotatable bonds is 6. The lowest BCUT2D eigenvalue weighted by atomic mass is 9.97. The first kappa shape index (κ1) is 20.7. The van der Waals surface area contributed by atoms with Crippen molar-refractivity contribution in [3.8, 4) is 22.4 Å². The maximum atomic E-state index is 13.4. The SMILES string of the molecule is CNc1ncc2cc(-c3ccc(-c4cccc(C)n4)cc3C)c(=O)n(CCCO)c2n1. The molecule has 0 saturated heterocycles. The van der Waals surface area contributed by atoms with E-state index >= 15 is 0 Å². The Kier molecular flexibility index (Phi) is 5.77. The monoisotopic (exact) mass is 415 g/mol. The third-order valence-corrected chi connectivity index (χ3v) is 5.29. The van der Waals surface area contributed by atoms with E-state index in [1.807, 2.05) is 50.2 Å². The van der Waals surface area contributed by atoms with Crippen molar-refractivity contribution in [1.82, 2.24) is 19.5 Å². The van der Waals surface area contributed by atoms with Crippen LogP contribution in [0.5, 0.6) is 0 Å². The zero-order chi connectivity index (χ0) is 22.0. The highest BCUT2D eigenvalue weighted by atomic mass is 16.3. The molecule has 0 unspecified atom stereocenters. The lowest BCUT2D eigenvalue weighted by molar-refractivity contribution is 0.280. The minimum Gasteiger partial charge on any atom is -0.396 e. The van der Waals surface area contributed by atoms with Gasteiger partial charge in [-0.2, -0.15) is 4.98 Å². The first-order chi connectivity index (χ1) is 15.0. The highest BCUT2D eigenvalue weighted by Gasteiger charge is 2.15. The molecule has 0 bridgehead atoms. The van der Waals surface area contributed by atoms with Crippen molar-refractivity contribution < 1.29 is 5.11 Å². The maximum absolute atomic E-state index is 13.4. The van der Waals surface area contributed by atoms with Gasteiger partial charge in [-0.1, -0.05) is 18.2 Å². The Morgan fingerprint density at radius 3 is 2.61 bits per heavy atom. The standard InChI is InChI=1S/C24H25N5O2/c1-15-12-17(21-7-4-6-16(2)27-21)8-9-19(15)20-13-18-14-26-24(25-3)28-22(18)29(23(20)31)10-5-11-30/h4,6-9,12-14,30H,5,10-11H2,1-3H3,(H,25,26,28). The van der Waals surface area contributed by atoms with Crippen LogP contribution in [0.25, 0.3) is 33.4 Å². The van der Waals surface area contributed by atoms with Gasteiger partial charge in [-0.3, -0.25) is 14.3 Å². The number of fused-ring (bicyclic) bond motifs is 1. The van der Waals surface area contributed by atoms with Gasteiger partial charge in [0.15, 0.2) is 0 Å². The average Bonchev–Trinajstić information content (AvgIpc) is 2.78. The first-order valence-corrected chi connectivity index (χ1v) is 10.3. The topological polar surface area (TPSA) is 92.9 Å². The molecule has 1 aromatic carbocycles. The molecule has 3 heterocycles. The summed E-state index contributed by atoms with van der Waals surface area (Å²) in [6, 6.07) is 13.8. The Morgan fingerprint density at radius 1 is 1.06 bits per heavy atom. The predicted molar refractivity (Wildman–Crippen MR) is 123 cm³/mol. The lowest BCUT2D eigenvalue weighted by Crippen LogP contribution is -2.24. The fraction of sp³-hybridized carbons (Fsp3) is 0.250. The van der Waals surface area contributed by atoms with E-state index in [-0.39, 0.29) is 12.2 Å². The van der Waals surface area contributed by atoms with Gasteiger partial charge in [0.2, 0.25) is 5.95 Å². The molecule has 0 aliphatic rings. The van der Waals surface area contributed by atoms with Gasteiger partial charge in [-0.15, -0.1) is 0 Å². The smallest absolute Gasteiger partial charge is 0.260 e. The largest absolute Gasteiger partial charge is 0.396 e. The zero-order valence-corrected chi connectivity index (χ0v) is 17.9. The van der Waals surface area contributed by atoms with E-state index in [0.717, 1.165) is 33.5 Å². The Morgan fingerprint density at radius 2 is 1.90 bits per heavy atom. The maximum Gasteiger partial charge on any atom is 0.260 e. The first-order valence-electron chi connectivity index (χ1n) is 10.3. The molecule has 4 aromatic rings. The molecule has 0 fully saturated rings. The van der Waals surface area contributed by atoms with Crippen molar-refractivity contribution in [2.24, 2.45) is 0 Å². The quantitative estimate of drug-likeness (QED) is 0.500. The number of pyridine rings is 2. The summed E-state index contributed by atoms with van der Waals surface area (Å²) in [5.41, 5.74) is 5.73. The van der Waals surface area contributed by atoms with E-state index in [9.17, 15) is 9.90 Å². The van der Waals surface area contributed by atoms with E-state index in [2.05, 4.69) is 26.3 Å². The Hall–Kier alpha value is -3.58. The molecular weight excluding hydrogens is 390 g/mol. The molecule has 0 aliphatic heterocycles. The summed E-state index contributed by atoms with van der Waals surface area (Å²) < 4.78 is 1.62. The number of hydrogen-bond donors (Lipinski definition) is 2. The third-order valence-electron chi connectivity index (χ3n) is 5.29. The number of hydrogen-bond acceptors (Lipinski definition) is 6. The molecule has 2 N–H and O–H groups in total. The Balaban J connectivity index is 1.87. The van der Waals surface area contributed by atoms with Crippen LogP contribution in [0.15, 0.2) is 53.5 Å². The Labute approximate surface area is 180 Å². The van der Waals surface area contributed by atoms with Crippen LogP contribution in [-0.4, -0.2) is 38.3 Å². The third kappa shape index (κ3) is 4.04. The van der Waals surface area contributed by atoms with Crippen LogP contribution in [0, 0.1) is 13.8 Å². The number of aromatic nitrogens is 4.